The first-order valence-electron chi connectivity index (χ1n) is 6.46. The third-order valence-corrected chi connectivity index (χ3v) is 5.04. The number of amides is 1. The number of rotatable bonds is 3. The number of fused-ring (bicyclic) bond motifs is 1. The van der Waals surface area contributed by atoms with Crippen molar-refractivity contribution in [1.82, 2.24) is 4.90 Å². The molecule has 0 aliphatic carbocycles. The Morgan fingerprint density at radius 1 is 1.50 bits per heavy atom. The molecule has 0 saturated carbocycles. The molecule has 2 heterocycles. The average molecular weight is 351 g/mol. The molecule has 0 saturated heterocycles. The molecule has 3 nitrogen and oxygen atoms in total. The first-order valence-corrected chi connectivity index (χ1v) is 8.13. The van der Waals surface area contributed by atoms with Crippen LogP contribution in [0.1, 0.15) is 11.1 Å². The number of nitrogens with one attached hydrogen (secondary N) is 1. The molecule has 1 aromatic heterocycles. The Bertz CT molecular complexity index is 615. The Morgan fingerprint density at radius 2 is 2.30 bits per heavy atom. The smallest absolute Gasteiger partial charge is 0.245 e. The number of hydrogen-bond donors (Lipinski definition) is 1. The monoisotopic (exact) mass is 350 g/mol. The molecule has 2 aromatic rings. The van der Waals surface area contributed by atoms with E-state index >= 15 is 0 Å². The Hall–Kier alpha value is -1.33. The van der Waals surface area contributed by atoms with Crippen molar-refractivity contribution >= 4 is 38.9 Å². The van der Waals surface area contributed by atoms with E-state index in [0.717, 1.165) is 21.5 Å². The minimum Gasteiger partial charge on any atom is -0.373 e. The topological polar surface area (TPSA) is 32.3 Å². The summed E-state index contributed by atoms with van der Waals surface area (Å²) in [7, 11) is 1.86. The minimum atomic E-state index is -0.139. The van der Waals surface area contributed by atoms with Crippen LogP contribution in [0.2, 0.25) is 0 Å². The van der Waals surface area contributed by atoms with Gasteiger partial charge in [0.2, 0.25) is 5.91 Å². The summed E-state index contributed by atoms with van der Waals surface area (Å²) in [6.07, 6.45) is 0.771. The van der Waals surface area contributed by atoms with Gasteiger partial charge in [-0.15, -0.1) is 11.3 Å². The number of carbonyl (C=O) groups excluding carboxylic acids is 1. The van der Waals surface area contributed by atoms with Gasteiger partial charge in [-0.25, -0.2) is 0 Å². The van der Waals surface area contributed by atoms with Crippen LogP contribution < -0.4 is 5.32 Å². The number of carbonyl (C=O) groups is 1. The molecule has 0 radical (unpaired) electrons. The van der Waals surface area contributed by atoms with Gasteiger partial charge in [0.25, 0.3) is 0 Å². The van der Waals surface area contributed by atoms with E-state index in [0.29, 0.717) is 6.54 Å². The molecule has 0 fully saturated rings. The molecule has 1 aromatic carbocycles. The Kier molecular flexibility index (Phi) is 3.81. The zero-order chi connectivity index (χ0) is 14.1. The molecule has 1 amide bonds. The summed E-state index contributed by atoms with van der Waals surface area (Å²) in [5.41, 5.74) is 3.46. The van der Waals surface area contributed by atoms with Crippen molar-refractivity contribution in [2.45, 2.75) is 19.0 Å². The number of likely N-dealkylation sites (N-methyl/N-ethyl adjacent to an activating group) is 1. The van der Waals surface area contributed by atoms with Gasteiger partial charge in [0.15, 0.2) is 0 Å². The summed E-state index contributed by atoms with van der Waals surface area (Å²) >= 11 is 5.09. The maximum absolute atomic E-state index is 12.5. The molecule has 104 valence electrons. The molecule has 1 aliphatic rings. The lowest BCUT2D eigenvalue weighted by atomic mass is 10.1. The maximum atomic E-state index is 12.5. The maximum Gasteiger partial charge on any atom is 0.245 e. The summed E-state index contributed by atoms with van der Waals surface area (Å²) in [6, 6.07) is 10.0. The van der Waals surface area contributed by atoms with E-state index in [1.54, 1.807) is 16.2 Å². The molecule has 0 spiro atoms. The largest absolute Gasteiger partial charge is 0.373 e. The van der Waals surface area contributed by atoms with Crippen LogP contribution in [0.25, 0.3) is 0 Å². The van der Waals surface area contributed by atoms with Gasteiger partial charge >= 0.3 is 0 Å². The van der Waals surface area contributed by atoms with Crippen LogP contribution >= 0.6 is 27.3 Å². The molecular weight excluding hydrogens is 336 g/mol. The van der Waals surface area contributed by atoms with Gasteiger partial charge in [-0.1, -0.05) is 18.2 Å². The first-order chi connectivity index (χ1) is 9.63. The molecular formula is C15H15BrN2OS. The third kappa shape index (κ3) is 2.74. The normalized spacial score (nSPS) is 16.6. The molecule has 1 atom stereocenters. The molecule has 0 unspecified atom stereocenters. The number of nitrogens with zero attached hydrogens (tertiary/aromatic N) is 1. The van der Waals surface area contributed by atoms with Crippen LogP contribution in [-0.2, 0) is 17.8 Å². The van der Waals surface area contributed by atoms with E-state index in [4.69, 9.17) is 0 Å². The summed E-state index contributed by atoms with van der Waals surface area (Å²) in [5.74, 6) is 0.142. The Morgan fingerprint density at radius 3 is 3.00 bits per heavy atom. The molecule has 20 heavy (non-hydrogen) atoms. The van der Waals surface area contributed by atoms with Gasteiger partial charge in [-0.2, -0.15) is 0 Å². The number of halogens is 1. The van der Waals surface area contributed by atoms with E-state index in [2.05, 4.69) is 38.8 Å². The summed E-state index contributed by atoms with van der Waals surface area (Å²) in [4.78, 5) is 14.3. The van der Waals surface area contributed by atoms with Crippen LogP contribution in [0.4, 0.5) is 5.69 Å². The summed E-state index contributed by atoms with van der Waals surface area (Å²) < 4.78 is 1.10. The molecule has 1 aliphatic heterocycles. The van der Waals surface area contributed by atoms with Crippen molar-refractivity contribution in [1.29, 1.82) is 0 Å². The second-order valence-electron chi connectivity index (χ2n) is 5.01. The zero-order valence-electron chi connectivity index (χ0n) is 11.1. The van der Waals surface area contributed by atoms with E-state index in [1.807, 2.05) is 25.2 Å². The fraction of sp³-hybridized carbons (Fsp3) is 0.267. The minimum absolute atomic E-state index is 0.139. The van der Waals surface area contributed by atoms with Crippen LogP contribution in [0, 0.1) is 0 Å². The van der Waals surface area contributed by atoms with E-state index in [-0.39, 0.29) is 11.9 Å². The predicted molar refractivity (Wildman–Crippen MR) is 86.0 cm³/mol. The highest BCUT2D eigenvalue weighted by Gasteiger charge is 2.28. The quantitative estimate of drug-likeness (QED) is 0.918. The van der Waals surface area contributed by atoms with Crippen molar-refractivity contribution in [2.75, 3.05) is 12.4 Å². The molecule has 1 N–H and O–H groups in total. The molecule has 0 bridgehead atoms. The fourth-order valence-corrected chi connectivity index (χ4v) is 3.69. The van der Waals surface area contributed by atoms with Crippen molar-refractivity contribution in [3.8, 4) is 0 Å². The van der Waals surface area contributed by atoms with Crippen molar-refractivity contribution in [2.24, 2.45) is 0 Å². The highest BCUT2D eigenvalue weighted by molar-refractivity contribution is 9.11. The van der Waals surface area contributed by atoms with Crippen LogP contribution in [0.15, 0.2) is 39.5 Å². The van der Waals surface area contributed by atoms with Crippen molar-refractivity contribution in [3.05, 3.63) is 50.6 Å². The predicted octanol–water partition coefficient (Wildman–Crippen LogP) is 3.51. The van der Waals surface area contributed by atoms with E-state index in [9.17, 15) is 4.79 Å². The zero-order valence-corrected chi connectivity index (χ0v) is 13.5. The average Bonchev–Trinajstić information content (AvgIpc) is 3.03. The second-order valence-corrected chi connectivity index (χ2v) is 7.30. The lowest BCUT2D eigenvalue weighted by Crippen LogP contribution is -2.39. The van der Waals surface area contributed by atoms with E-state index < -0.39 is 0 Å². The first kappa shape index (κ1) is 13.6. The number of thiophene rings is 1. The van der Waals surface area contributed by atoms with Gasteiger partial charge in [-0.05, 0) is 44.6 Å². The van der Waals surface area contributed by atoms with Crippen LogP contribution in [0.5, 0.6) is 0 Å². The number of para-hydroxylation sites is 1. The number of anilines is 1. The second kappa shape index (κ2) is 5.58. The molecule has 5 heteroatoms. The van der Waals surface area contributed by atoms with Gasteiger partial charge in [0.1, 0.15) is 6.04 Å². The Balaban J connectivity index is 1.65. The van der Waals surface area contributed by atoms with Crippen molar-refractivity contribution in [3.63, 3.8) is 0 Å². The van der Waals surface area contributed by atoms with Crippen LogP contribution in [-0.4, -0.2) is 23.9 Å². The summed E-state index contributed by atoms with van der Waals surface area (Å²) in [5, 5.41) is 5.38. The SMILES string of the molecule is CN(Cc1csc(Br)c1)C(=O)[C@@H]1Cc2ccccc2N1. The highest BCUT2D eigenvalue weighted by atomic mass is 79.9. The lowest BCUT2D eigenvalue weighted by molar-refractivity contribution is -0.131. The highest BCUT2D eigenvalue weighted by Crippen LogP contribution is 2.26. The van der Waals surface area contributed by atoms with Gasteiger partial charge in [0.05, 0.1) is 3.79 Å². The lowest BCUT2D eigenvalue weighted by Gasteiger charge is -2.21. The van der Waals surface area contributed by atoms with Gasteiger partial charge in [-0.3, -0.25) is 4.79 Å². The van der Waals surface area contributed by atoms with E-state index in [1.165, 1.54) is 5.56 Å². The Labute approximate surface area is 130 Å². The molecule has 3 rings (SSSR count). The fourth-order valence-electron chi connectivity index (χ4n) is 2.49. The number of hydrogen-bond acceptors (Lipinski definition) is 3. The number of benzene rings is 1. The van der Waals surface area contributed by atoms with Crippen LogP contribution in [0.3, 0.4) is 0 Å². The third-order valence-electron chi connectivity index (χ3n) is 3.49. The van der Waals surface area contributed by atoms with Gasteiger partial charge < -0.3 is 10.2 Å². The van der Waals surface area contributed by atoms with Crippen molar-refractivity contribution < 1.29 is 4.79 Å². The van der Waals surface area contributed by atoms with Gasteiger partial charge in [0, 0.05) is 25.7 Å². The summed E-state index contributed by atoms with van der Waals surface area (Å²) in [6.45, 7) is 0.648. The standard InChI is InChI=1S/C15H15BrN2OS/c1-18(8-10-6-14(16)20-9-10)15(19)13-7-11-4-2-3-5-12(11)17-13/h2-6,9,13,17H,7-8H2,1H3/t13-/m0/s1.